The molecular weight excluding hydrogens is 299 g/mol. The molecule has 1 heterocycles. The van der Waals surface area contributed by atoms with Gasteiger partial charge in [-0.15, -0.1) is 0 Å². The molecule has 8 heteroatoms. The van der Waals surface area contributed by atoms with Crippen LogP contribution in [0.25, 0.3) is 0 Å². The molecule has 0 radical (unpaired) electrons. The number of anilines is 1. The van der Waals surface area contributed by atoms with Gasteiger partial charge in [-0.3, -0.25) is 13.9 Å². The Balaban J connectivity index is 2.53. The SMILES string of the molecule is Cc1ccc(Cn2c(=O)cc(C(F)(F)F)n(C)c2=O)cc1N. The van der Waals surface area contributed by atoms with Crippen LogP contribution in [0.15, 0.2) is 33.9 Å². The Hall–Kier alpha value is -2.51. The van der Waals surface area contributed by atoms with Crippen LogP contribution >= 0.6 is 0 Å². The summed E-state index contributed by atoms with van der Waals surface area (Å²) in [7, 11) is 0.977. The number of aromatic nitrogens is 2. The van der Waals surface area contributed by atoms with Crippen LogP contribution in [0.3, 0.4) is 0 Å². The number of rotatable bonds is 2. The van der Waals surface area contributed by atoms with Gasteiger partial charge in [0.15, 0.2) is 0 Å². The highest BCUT2D eigenvalue weighted by Gasteiger charge is 2.34. The van der Waals surface area contributed by atoms with Crippen molar-refractivity contribution in [2.24, 2.45) is 7.05 Å². The van der Waals surface area contributed by atoms with Gasteiger partial charge in [0.1, 0.15) is 5.69 Å². The van der Waals surface area contributed by atoms with Crippen molar-refractivity contribution in [3.05, 3.63) is 61.9 Å². The molecule has 0 unspecified atom stereocenters. The molecule has 0 spiro atoms. The van der Waals surface area contributed by atoms with Crippen molar-refractivity contribution in [1.29, 1.82) is 0 Å². The summed E-state index contributed by atoms with van der Waals surface area (Å²) in [5, 5.41) is 0. The van der Waals surface area contributed by atoms with Crippen molar-refractivity contribution in [3.8, 4) is 0 Å². The lowest BCUT2D eigenvalue weighted by Gasteiger charge is -2.14. The molecule has 0 aliphatic heterocycles. The maximum Gasteiger partial charge on any atom is 0.431 e. The van der Waals surface area contributed by atoms with Gasteiger partial charge in [0, 0.05) is 18.8 Å². The second-order valence-electron chi connectivity index (χ2n) is 4.98. The average molecular weight is 313 g/mol. The molecule has 0 fully saturated rings. The number of nitrogens with zero attached hydrogens (tertiary/aromatic N) is 2. The molecular formula is C14H14F3N3O2. The Labute approximate surface area is 123 Å². The van der Waals surface area contributed by atoms with Gasteiger partial charge in [-0.25, -0.2) is 4.79 Å². The average Bonchev–Trinajstić information content (AvgIpc) is 2.41. The van der Waals surface area contributed by atoms with Crippen molar-refractivity contribution in [1.82, 2.24) is 9.13 Å². The fourth-order valence-corrected chi connectivity index (χ4v) is 2.06. The van der Waals surface area contributed by atoms with E-state index in [1.807, 2.05) is 0 Å². The number of aryl methyl sites for hydroxylation is 1. The fourth-order valence-electron chi connectivity index (χ4n) is 2.06. The van der Waals surface area contributed by atoms with Crippen LogP contribution in [0.4, 0.5) is 18.9 Å². The van der Waals surface area contributed by atoms with E-state index in [0.717, 1.165) is 17.2 Å². The minimum absolute atomic E-state index is 0.145. The molecule has 1 aromatic heterocycles. The van der Waals surface area contributed by atoms with E-state index in [1.54, 1.807) is 25.1 Å². The molecule has 0 amide bonds. The standard InChI is InChI=1S/C14H14F3N3O2/c1-8-3-4-9(5-10(8)18)7-20-12(21)6-11(14(15,16)17)19(2)13(20)22/h3-6H,7,18H2,1-2H3. The number of nitrogens with two attached hydrogens (primary N) is 1. The fraction of sp³-hybridized carbons (Fsp3) is 0.286. The van der Waals surface area contributed by atoms with E-state index in [1.165, 1.54) is 0 Å². The number of nitrogen functional groups attached to an aromatic ring is 1. The number of benzene rings is 1. The molecule has 22 heavy (non-hydrogen) atoms. The lowest BCUT2D eigenvalue weighted by molar-refractivity contribution is -0.144. The van der Waals surface area contributed by atoms with Crippen molar-refractivity contribution in [2.75, 3.05) is 5.73 Å². The maximum absolute atomic E-state index is 12.7. The van der Waals surface area contributed by atoms with Crippen LogP contribution < -0.4 is 17.0 Å². The Morgan fingerprint density at radius 1 is 1.18 bits per heavy atom. The van der Waals surface area contributed by atoms with Gasteiger partial charge < -0.3 is 5.73 Å². The maximum atomic E-state index is 12.7. The quantitative estimate of drug-likeness (QED) is 0.854. The van der Waals surface area contributed by atoms with Gasteiger partial charge >= 0.3 is 11.9 Å². The van der Waals surface area contributed by atoms with Crippen molar-refractivity contribution >= 4 is 5.69 Å². The van der Waals surface area contributed by atoms with E-state index in [2.05, 4.69) is 0 Å². The molecule has 0 saturated carbocycles. The number of hydrogen-bond donors (Lipinski definition) is 1. The van der Waals surface area contributed by atoms with Crippen LogP contribution in [0.2, 0.25) is 0 Å². The summed E-state index contributed by atoms with van der Waals surface area (Å²) in [4.78, 5) is 23.8. The Kier molecular flexibility index (Phi) is 3.87. The largest absolute Gasteiger partial charge is 0.431 e. The molecule has 0 aliphatic carbocycles. The van der Waals surface area contributed by atoms with Crippen LogP contribution in [0, 0.1) is 6.92 Å². The van der Waals surface area contributed by atoms with E-state index in [-0.39, 0.29) is 6.54 Å². The summed E-state index contributed by atoms with van der Waals surface area (Å²) in [6.45, 7) is 1.65. The van der Waals surface area contributed by atoms with Crippen LogP contribution in [-0.4, -0.2) is 9.13 Å². The van der Waals surface area contributed by atoms with Crippen molar-refractivity contribution in [2.45, 2.75) is 19.6 Å². The van der Waals surface area contributed by atoms with Gasteiger partial charge in [-0.1, -0.05) is 12.1 Å². The predicted molar refractivity (Wildman–Crippen MR) is 75.6 cm³/mol. The first-order valence-corrected chi connectivity index (χ1v) is 6.34. The Bertz CT molecular complexity index is 835. The second-order valence-corrected chi connectivity index (χ2v) is 4.98. The zero-order valence-electron chi connectivity index (χ0n) is 11.9. The Morgan fingerprint density at radius 3 is 2.36 bits per heavy atom. The lowest BCUT2D eigenvalue weighted by atomic mass is 10.1. The van der Waals surface area contributed by atoms with Crippen LogP contribution in [0.5, 0.6) is 0 Å². The number of halogens is 3. The highest BCUT2D eigenvalue weighted by molar-refractivity contribution is 5.48. The third-order valence-electron chi connectivity index (χ3n) is 3.38. The molecule has 0 bridgehead atoms. The highest BCUT2D eigenvalue weighted by atomic mass is 19.4. The zero-order chi connectivity index (χ0) is 16.7. The second kappa shape index (κ2) is 5.36. The minimum Gasteiger partial charge on any atom is -0.399 e. The molecule has 0 saturated heterocycles. The van der Waals surface area contributed by atoms with Crippen LogP contribution in [0.1, 0.15) is 16.8 Å². The highest BCUT2D eigenvalue weighted by Crippen LogP contribution is 2.26. The molecule has 2 N–H and O–H groups in total. The first-order chi connectivity index (χ1) is 10.1. The summed E-state index contributed by atoms with van der Waals surface area (Å²) in [6.07, 6.45) is -4.76. The first kappa shape index (κ1) is 15.9. The van der Waals surface area contributed by atoms with Gasteiger partial charge in [-0.05, 0) is 24.1 Å². The monoisotopic (exact) mass is 313 g/mol. The molecule has 0 atom stereocenters. The van der Waals surface area contributed by atoms with E-state index in [4.69, 9.17) is 5.73 Å². The van der Waals surface area contributed by atoms with Gasteiger partial charge in [0.05, 0.1) is 6.54 Å². The van der Waals surface area contributed by atoms with Gasteiger partial charge in [0.2, 0.25) is 0 Å². The van der Waals surface area contributed by atoms with Crippen LogP contribution in [-0.2, 0) is 19.8 Å². The summed E-state index contributed by atoms with van der Waals surface area (Å²) in [5.74, 6) is 0. The number of alkyl halides is 3. The van der Waals surface area contributed by atoms with E-state index >= 15 is 0 Å². The lowest BCUT2D eigenvalue weighted by Crippen LogP contribution is -2.41. The summed E-state index contributed by atoms with van der Waals surface area (Å²) >= 11 is 0. The third-order valence-corrected chi connectivity index (χ3v) is 3.38. The molecule has 118 valence electrons. The molecule has 5 nitrogen and oxygen atoms in total. The molecule has 1 aromatic carbocycles. The van der Waals surface area contributed by atoms with Crippen molar-refractivity contribution < 1.29 is 13.2 Å². The van der Waals surface area contributed by atoms with E-state index < -0.39 is 23.1 Å². The summed E-state index contributed by atoms with van der Waals surface area (Å²) in [6, 6.07) is 5.37. The zero-order valence-corrected chi connectivity index (χ0v) is 11.9. The third kappa shape index (κ3) is 2.90. The van der Waals surface area contributed by atoms with Gasteiger partial charge in [-0.2, -0.15) is 13.2 Å². The van der Waals surface area contributed by atoms with Gasteiger partial charge in [0.25, 0.3) is 5.56 Å². The molecule has 0 aliphatic rings. The topological polar surface area (TPSA) is 70.0 Å². The molecule has 2 aromatic rings. The summed E-state index contributed by atoms with van der Waals surface area (Å²) < 4.78 is 39.4. The number of hydrogen-bond acceptors (Lipinski definition) is 3. The van der Waals surface area contributed by atoms with E-state index in [9.17, 15) is 22.8 Å². The van der Waals surface area contributed by atoms with Crippen molar-refractivity contribution in [3.63, 3.8) is 0 Å². The first-order valence-electron chi connectivity index (χ1n) is 6.34. The smallest absolute Gasteiger partial charge is 0.399 e. The minimum atomic E-state index is -4.76. The molecule has 2 rings (SSSR count). The predicted octanol–water partition coefficient (Wildman–Crippen LogP) is 1.50. The normalized spacial score (nSPS) is 11.7. The summed E-state index contributed by atoms with van der Waals surface area (Å²) in [5.41, 5.74) is 4.30. The Morgan fingerprint density at radius 2 is 1.82 bits per heavy atom. The van der Waals surface area contributed by atoms with E-state index in [0.29, 0.717) is 21.9 Å².